The molecular formula is C14H18FN3O2. The number of hydrogen-bond acceptors (Lipinski definition) is 4. The van der Waals surface area contributed by atoms with E-state index < -0.39 is 6.10 Å². The predicted octanol–water partition coefficient (Wildman–Crippen LogP) is 0.997. The van der Waals surface area contributed by atoms with Gasteiger partial charge in [0.2, 0.25) is 6.10 Å². The second-order valence-electron chi connectivity index (χ2n) is 4.94. The van der Waals surface area contributed by atoms with Crippen LogP contribution in [0, 0.1) is 5.82 Å². The van der Waals surface area contributed by atoms with Crippen LogP contribution in [-0.2, 0) is 9.63 Å². The first-order valence-corrected chi connectivity index (χ1v) is 6.47. The summed E-state index contributed by atoms with van der Waals surface area (Å²) in [5.41, 5.74) is 1.44. The zero-order valence-electron chi connectivity index (χ0n) is 11.6. The molecule has 0 spiro atoms. The Hall–Kier alpha value is -1.95. The van der Waals surface area contributed by atoms with Crippen LogP contribution in [-0.4, -0.2) is 49.8 Å². The first kappa shape index (κ1) is 14.5. The summed E-state index contributed by atoms with van der Waals surface area (Å²) in [7, 11) is 3.88. The molecule has 1 amide bonds. The quantitative estimate of drug-likeness (QED) is 0.874. The molecule has 1 aromatic carbocycles. The number of carbonyl (C=O) groups is 1. The topological polar surface area (TPSA) is 53.9 Å². The van der Waals surface area contributed by atoms with Crippen molar-refractivity contribution in [2.24, 2.45) is 5.16 Å². The predicted molar refractivity (Wildman–Crippen MR) is 74.0 cm³/mol. The van der Waals surface area contributed by atoms with Crippen LogP contribution in [0.15, 0.2) is 29.4 Å². The number of nitrogens with zero attached hydrogens (tertiary/aromatic N) is 2. The maximum Gasteiger partial charge on any atom is 0.264 e. The molecule has 1 unspecified atom stereocenters. The zero-order chi connectivity index (χ0) is 14.5. The van der Waals surface area contributed by atoms with Crippen molar-refractivity contribution in [1.82, 2.24) is 10.2 Å². The Morgan fingerprint density at radius 3 is 2.80 bits per heavy atom. The Morgan fingerprint density at radius 1 is 1.45 bits per heavy atom. The highest BCUT2D eigenvalue weighted by atomic mass is 19.1. The van der Waals surface area contributed by atoms with Crippen molar-refractivity contribution in [3.8, 4) is 0 Å². The fourth-order valence-electron chi connectivity index (χ4n) is 1.85. The smallest absolute Gasteiger partial charge is 0.264 e. The van der Waals surface area contributed by atoms with E-state index in [0.717, 1.165) is 12.1 Å². The molecule has 1 N–H and O–H groups in total. The van der Waals surface area contributed by atoms with E-state index >= 15 is 0 Å². The van der Waals surface area contributed by atoms with Gasteiger partial charge in [-0.25, -0.2) is 4.39 Å². The SMILES string of the molecule is CN(C)CCNC(=O)C1CC(c2ccc(F)cc2)=NO1. The molecule has 0 saturated carbocycles. The van der Waals surface area contributed by atoms with E-state index in [1.807, 2.05) is 19.0 Å². The summed E-state index contributed by atoms with van der Waals surface area (Å²) in [6.45, 7) is 1.34. The second kappa shape index (κ2) is 6.47. The van der Waals surface area contributed by atoms with Crippen molar-refractivity contribution in [3.63, 3.8) is 0 Å². The Kier molecular flexibility index (Phi) is 4.68. The lowest BCUT2D eigenvalue weighted by atomic mass is 10.0. The van der Waals surface area contributed by atoms with Crippen LogP contribution in [0.1, 0.15) is 12.0 Å². The fourth-order valence-corrected chi connectivity index (χ4v) is 1.85. The molecule has 20 heavy (non-hydrogen) atoms. The van der Waals surface area contributed by atoms with E-state index in [0.29, 0.717) is 18.7 Å². The highest BCUT2D eigenvalue weighted by Gasteiger charge is 2.28. The van der Waals surface area contributed by atoms with Gasteiger partial charge in [0, 0.05) is 19.5 Å². The molecule has 0 fully saturated rings. The summed E-state index contributed by atoms with van der Waals surface area (Å²) in [5.74, 6) is -0.473. The molecule has 6 heteroatoms. The lowest BCUT2D eigenvalue weighted by molar-refractivity contribution is -0.131. The minimum atomic E-state index is -0.600. The molecule has 1 heterocycles. The largest absolute Gasteiger partial charge is 0.382 e. The van der Waals surface area contributed by atoms with E-state index in [2.05, 4.69) is 10.5 Å². The lowest BCUT2D eigenvalue weighted by Gasteiger charge is -2.12. The van der Waals surface area contributed by atoms with Crippen LogP contribution < -0.4 is 5.32 Å². The van der Waals surface area contributed by atoms with E-state index in [1.165, 1.54) is 12.1 Å². The third-order valence-corrected chi connectivity index (χ3v) is 3.00. The summed E-state index contributed by atoms with van der Waals surface area (Å²) in [6.07, 6.45) is -0.198. The van der Waals surface area contributed by atoms with Crippen LogP contribution in [0.2, 0.25) is 0 Å². The molecule has 2 rings (SSSR count). The van der Waals surface area contributed by atoms with Crippen LogP contribution in [0.4, 0.5) is 4.39 Å². The standard InChI is InChI=1S/C14H18FN3O2/c1-18(2)8-7-16-14(19)13-9-12(17-20-13)10-3-5-11(15)6-4-10/h3-6,13H,7-9H2,1-2H3,(H,16,19). The van der Waals surface area contributed by atoms with Gasteiger partial charge in [0.1, 0.15) is 5.82 Å². The van der Waals surface area contributed by atoms with Gasteiger partial charge in [-0.05, 0) is 31.8 Å². The van der Waals surface area contributed by atoms with Crippen molar-refractivity contribution in [2.45, 2.75) is 12.5 Å². The number of hydrogen-bond donors (Lipinski definition) is 1. The van der Waals surface area contributed by atoms with Crippen molar-refractivity contribution < 1.29 is 14.0 Å². The van der Waals surface area contributed by atoms with Gasteiger partial charge < -0.3 is 15.1 Å². The van der Waals surface area contributed by atoms with Gasteiger partial charge in [-0.15, -0.1) is 0 Å². The summed E-state index contributed by atoms with van der Waals surface area (Å²) in [4.78, 5) is 19.0. The number of rotatable bonds is 5. The molecule has 0 aromatic heterocycles. The van der Waals surface area contributed by atoms with E-state index in [9.17, 15) is 9.18 Å². The first-order chi connectivity index (χ1) is 9.56. The molecule has 1 aliphatic heterocycles. The first-order valence-electron chi connectivity index (χ1n) is 6.47. The third-order valence-electron chi connectivity index (χ3n) is 3.00. The van der Waals surface area contributed by atoms with Crippen LogP contribution in [0.3, 0.4) is 0 Å². The van der Waals surface area contributed by atoms with Crippen molar-refractivity contribution >= 4 is 11.6 Å². The molecule has 5 nitrogen and oxygen atoms in total. The monoisotopic (exact) mass is 279 g/mol. The number of nitrogens with one attached hydrogen (secondary N) is 1. The summed E-state index contributed by atoms with van der Waals surface area (Å²) in [6, 6.07) is 5.98. The van der Waals surface area contributed by atoms with Gasteiger partial charge in [-0.1, -0.05) is 17.3 Å². The molecular weight excluding hydrogens is 261 g/mol. The van der Waals surface area contributed by atoms with Gasteiger partial charge in [0.05, 0.1) is 5.71 Å². The maximum absolute atomic E-state index is 12.8. The Labute approximate surface area is 117 Å². The number of oxime groups is 1. The highest BCUT2D eigenvalue weighted by molar-refractivity contribution is 6.04. The van der Waals surface area contributed by atoms with Crippen molar-refractivity contribution in [3.05, 3.63) is 35.6 Å². The highest BCUT2D eigenvalue weighted by Crippen LogP contribution is 2.17. The van der Waals surface area contributed by atoms with Gasteiger partial charge >= 0.3 is 0 Å². The zero-order valence-corrected chi connectivity index (χ0v) is 11.6. The Morgan fingerprint density at radius 2 is 2.15 bits per heavy atom. The molecule has 1 atom stereocenters. The molecule has 1 aliphatic rings. The molecule has 0 radical (unpaired) electrons. The lowest BCUT2D eigenvalue weighted by Crippen LogP contribution is -2.38. The minimum Gasteiger partial charge on any atom is -0.382 e. The minimum absolute atomic E-state index is 0.173. The third kappa shape index (κ3) is 3.77. The Balaban J connectivity index is 1.84. The molecule has 0 saturated heterocycles. The van der Waals surface area contributed by atoms with E-state index in [1.54, 1.807) is 12.1 Å². The molecule has 0 bridgehead atoms. The Bertz CT molecular complexity index is 500. The van der Waals surface area contributed by atoms with Crippen molar-refractivity contribution in [1.29, 1.82) is 0 Å². The van der Waals surface area contributed by atoms with Gasteiger partial charge in [-0.2, -0.15) is 0 Å². The number of benzene rings is 1. The number of amides is 1. The van der Waals surface area contributed by atoms with Gasteiger partial charge in [0.25, 0.3) is 5.91 Å². The van der Waals surface area contributed by atoms with E-state index in [4.69, 9.17) is 4.84 Å². The summed E-state index contributed by atoms with van der Waals surface area (Å²) in [5, 5.41) is 6.70. The van der Waals surface area contributed by atoms with Crippen molar-refractivity contribution in [2.75, 3.05) is 27.2 Å². The normalized spacial score (nSPS) is 17.8. The van der Waals surface area contributed by atoms with Gasteiger partial charge in [-0.3, -0.25) is 4.79 Å². The molecule has 108 valence electrons. The average molecular weight is 279 g/mol. The second-order valence-corrected chi connectivity index (χ2v) is 4.94. The number of halogens is 1. The number of likely N-dealkylation sites (N-methyl/N-ethyl adjacent to an activating group) is 1. The average Bonchev–Trinajstić information content (AvgIpc) is 2.88. The fraction of sp³-hybridized carbons (Fsp3) is 0.429. The number of carbonyl (C=O) groups excluding carboxylic acids is 1. The molecule has 1 aromatic rings. The van der Waals surface area contributed by atoms with Crippen LogP contribution in [0.5, 0.6) is 0 Å². The maximum atomic E-state index is 12.8. The van der Waals surface area contributed by atoms with Crippen LogP contribution in [0.25, 0.3) is 0 Å². The summed E-state index contributed by atoms with van der Waals surface area (Å²) < 4.78 is 12.8. The summed E-state index contributed by atoms with van der Waals surface area (Å²) >= 11 is 0. The van der Waals surface area contributed by atoms with Gasteiger partial charge in [0.15, 0.2) is 0 Å². The molecule has 0 aliphatic carbocycles. The van der Waals surface area contributed by atoms with E-state index in [-0.39, 0.29) is 11.7 Å². The van der Waals surface area contributed by atoms with Crippen LogP contribution >= 0.6 is 0 Å².